The molecular formula is C21H19N3OS. The van der Waals surface area contributed by atoms with Crippen LogP contribution in [0.3, 0.4) is 0 Å². The molecule has 0 aliphatic carbocycles. The maximum Gasteiger partial charge on any atom is 0.138 e. The van der Waals surface area contributed by atoms with E-state index in [9.17, 15) is 5.11 Å². The molecule has 0 spiro atoms. The maximum absolute atomic E-state index is 9.37. The molecule has 1 atom stereocenters. The molecule has 0 aliphatic rings. The summed E-state index contributed by atoms with van der Waals surface area (Å²) in [5.74, 6) is 0.840. The molecule has 5 heteroatoms. The highest BCUT2D eigenvalue weighted by atomic mass is 32.1. The van der Waals surface area contributed by atoms with Crippen molar-refractivity contribution in [2.75, 3.05) is 5.32 Å². The molecular weight excluding hydrogens is 342 g/mol. The van der Waals surface area contributed by atoms with Gasteiger partial charge in [0.25, 0.3) is 0 Å². The number of aliphatic hydroxyl groups is 1. The van der Waals surface area contributed by atoms with Gasteiger partial charge in [0.15, 0.2) is 0 Å². The first-order valence-electron chi connectivity index (χ1n) is 8.51. The Morgan fingerprint density at radius 3 is 2.69 bits per heavy atom. The van der Waals surface area contributed by atoms with Crippen LogP contribution in [-0.2, 0) is 6.61 Å². The number of rotatable bonds is 5. The molecule has 0 unspecified atom stereocenters. The minimum absolute atomic E-state index is 0.0416. The average molecular weight is 361 g/mol. The van der Waals surface area contributed by atoms with Crippen molar-refractivity contribution >= 4 is 27.4 Å². The number of nitrogens with zero attached hydrogens (tertiary/aromatic N) is 2. The van der Waals surface area contributed by atoms with E-state index in [0.29, 0.717) is 0 Å². The van der Waals surface area contributed by atoms with Gasteiger partial charge < -0.3 is 10.4 Å². The highest BCUT2D eigenvalue weighted by Crippen LogP contribution is 2.36. The van der Waals surface area contributed by atoms with E-state index in [-0.39, 0.29) is 12.6 Å². The van der Waals surface area contributed by atoms with E-state index < -0.39 is 0 Å². The predicted molar refractivity (Wildman–Crippen MR) is 107 cm³/mol. The van der Waals surface area contributed by atoms with Gasteiger partial charge in [0.2, 0.25) is 0 Å². The summed E-state index contributed by atoms with van der Waals surface area (Å²) in [5.41, 5.74) is 3.20. The Hall–Kier alpha value is -2.76. The third kappa shape index (κ3) is 3.31. The fourth-order valence-corrected chi connectivity index (χ4v) is 3.96. The fraction of sp³-hybridized carbons (Fsp3) is 0.143. The first kappa shape index (κ1) is 16.7. The van der Waals surface area contributed by atoms with E-state index in [2.05, 4.69) is 46.5 Å². The van der Waals surface area contributed by atoms with Crippen molar-refractivity contribution in [2.45, 2.75) is 19.6 Å². The molecule has 4 aromatic rings. The maximum atomic E-state index is 9.37. The van der Waals surface area contributed by atoms with Crippen molar-refractivity contribution in [1.29, 1.82) is 0 Å². The number of anilines is 1. The van der Waals surface area contributed by atoms with Gasteiger partial charge in [-0.3, -0.25) is 0 Å². The summed E-state index contributed by atoms with van der Waals surface area (Å²) in [4.78, 5) is 11.0. The average Bonchev–Trinajstić information content (AvgIpc) is 3.14. The number of hydrogen-bond donors (Lipinski definition) is 2. The summed E-state index contributed by atoms with van der Waals surface area (Å²) in [5, 5.41) is 13.9. The van der Waals surface area contributed by atoms with E-state index in [0.717, 1.165) is 32.0 Å². The number of thiophene rings is 1. The molecule has 0 bridgehead atoms. The van der Waals surface area contributed by atoms with E-state index in [1.807, 2.05) is 36.4 Å². The van der Waals surface area contributed by atoms with Crippen LogP contribution >= 0.6 is 11.3 Å². The minimum Gasteiger partial charge on any atom is -0.392 e. The third-order valence-corrected chi connectivity index (χ3v) is 5.47. The van der Waals surface area contributed by atoms with Crippen molar-refractivity contribution in [2.24, 2.45) is 0 Å². The van der Waals surface area contributed by atoms with Gasteiger partial charge in [-0.1, -0.05) is 48.5 Å². The van der Waals surface area contributed by atoms with Crippen LogP contribution in [0.4, 0.5) is 5.82 Å². The lowest BCUT2D eigenvalue weighted by molar-refractivity contribution is 0.282. The second-order valence-electron chi connectivity index (χ2n) is 6.19. The number of benzene rings is 2. The number of fused-ring (bicyclic) bond motifs is 1. The van der Waals surface area contributed by atoms with Crippen LogP contribution in [0.15, 0.2) is 67.0 Å². The van der Waals surface area contributed by atoms with Crippen LogP contribution in [0, 0.1) is 0 Å². The Labute approximate surface area is 156 Å². The molecule has 2 aromatic heterocycles. The largest absolute Gasteiger partial charge is 0.392 e. The molecule has 130 valence electrons. The molecule has 4 rings (SSSR count). The lowest BCUT2D eigenvalue weighted by atomic mass is 10.1. The van der Waals surface area contributed by atoms with Crippen LogP contribution in [-0.4, -0.2) is 15.1 Å². The van der Waals surface area contributed by atoms with Crippen LogP contribution in [0.1, 0.15) is 24.1 Å². The van der Waals surface area contributed by atoms with Gasteiger partial charge in [0.1, 0.15) is 17.0 Å². The van der Waals surface area contributed by atoms with Crippen molar-refractivity contribution in [3.63, 3.8) is 0 Å². The molecule has 2 aromatic carbocycles. The Morgan fingerprint density at radius 2 is 1.88 bits per heavy atom. The molecule has 0 radical (unpaired) electrons. The standard InChI is InChI=1S/C21H19N3OS/c1-14(16-7-3-2-4-8-16)24-20-18-11-19(26-21(18)23-13-22-20)17-9-5-6-15(10-17)12-25/h2-11,13-14,25H,12H2,1H3,(H,22,23,24)/t14-/m1/s1. The topological polar surface area (TPSA) is 58.0 Å². The summed E-state index contributed by atoms with van der Waals surface area (Å²) in [6.07, 6.45) is 1.60. The molecule has 0 fully saturated rings. The summed E-state index contributed by atoms with van der Waals surface area (Å²) >= 11 is 1.63. The van der Waals surface area contributed by atoms with Gasteiger partial charge >= 0.3 is 0 Å². The lowest BCUT2D eigenvalue weighted by Crippen LogP contribution is -2.08. The van der Waals surface area contributed by atoms with Gasteiger partial charge in [-0.25, -0.2) is 9.97 Å². The number of nitrogens with one attached hydrogen (secondary N) is 1. The second-order valence-corrected chi connectivity index (χ2v) is 7.22. The van der Waals surface area contributed by atoms with Crippen LogP contribution < -0.4 is 5.32 Å². The molecule has 0 saturated carbocycles. The number of aliphatic hydroxyl groups excluding tert-OH is 1. The van der Waals surface area contributed by atoms with E-state index in [1.54, 1.807) is 17.7 Å². The Balaban J connectivity index is 1.69. The fourth-order valence-electron chi connectivity index (χ4n) is 2.97. The SMILES string of the molecule is C[C@@H](Nc1ncnc2sc(-c3cccc(CO)c3)cc12)c1ccccc1. The highest BCUT2D eigenvalue weighted by Gasteiger charge is 2.13. The van der Waals surface area contributed by atoms with E-state index in [1.165, 1.54) is 5.56 Å². The van der Waals surface area contributed by atoms with Crippen molar-refractivity contribution < 1.29 is 5.11 Å². The minimum atomic E-state index is 0.0416. The number of aromatic nitrogens is 2. The Kier molecular flexibility index (Phi) is 4.65. The van der Waals surface area contributed by atoms with Gasteiger partial charge in [0.05, 0.1) is 12.0 Å². The van der Waals surface area contributed by atoms with E-state index >= 15 is 0 Å². The second kappa shape index (κ2) is 7.23. The van der Waals surface area contributed by atoms with Crippen LogP contribution in [0.5, 0.6) is 0 Å². The molecule has 0 amide bonds. The summed E-state index contributed by atoms with van der Waals surface area (Å²) in [6.45, 7) is 2.17. The molecule has 2 N–H and O–H groups in total. The van der Waals surface area contributed by atoms with Gasteiger partial charge in [0, 0.05) is 10.9 Å². The van der Waals surface area contributed by atoms with Crippen LogP contribution in [0.2, 0.25) is 0 Å². The van der Waals surface area contributed by atoms with Gasteiger partial charge in [-0.15, -0.1) is 11.3 Å². The summed E-state index contributed by atoms with van der Waals surface area (Å²) < 4.78 is 0. The normalized spacial score (nSPS) is 12.2. The summed E-state index contributed by atoms with van der Waals surface area (Å²) in [6, 6.07) is 20.5. The number of hydrogen-bond acceptors (Lipinski definition) is 5. The van der Waals surface area contributed by atoms with Crippen molar-refractivity contribution in [1.82, 2.24) is 9.97 Å². The van der Waals surface area contributed by atoms with Crippen molar-refractivity contribution in [3.8, 4) is 10.4 Å². The Bertz CT molecular complexity index is 1030. The molecule has 2 heterocycles. The van der Waals surface area contributed by atoms with Gasteiger partial charge in [-0.05, 0) is 35.7 Å². The smallest absolute Gasteiger partial charge is 0.138 e. The molecule has 4 nitrogen and oxygen atoms in total. The van der Waals surface area contributed by atoms with E-state index in [4.69, 9.17) is 0 Å². The third-order valence-electron chi connectivity index (χ3n) is 4.38. The Morgan fingerprint density at radius 1 is 1.04 bits per heavy atom. The predicted octanol–water partition coefficient (Wildman–Crippen LogP) is 5.02. The molecule has 0 saturated heterocycles. The monoisotopic (exact) mass is 361 g/mol. The zero-order valence-corrected chi connectivity index (χ0v) is 15.2. The van der Waals surface area contributed by atoms with Gasteiger partial charge in [-0.2, -0.15) is 0 Å². The van der Waals surface area contributed by atoms with Crippen molar-refractivity contribution in [3.05, 3.63) is 78.1 Å². The van der Waals surface area contributed by atoms with Crippen LogP contribution in [0.25, 0.3) is 20.7 Å². The highest BCUT2D eigenvalue weighted by molar-refractivity contribution is 7.21. The quantitative estimate of drug-likeness (QED) is 0.524. The molecule has 0 aliphatic heterocycles. The molecule has 26 heavy (non-hydrogen) atoms. The zero-order chi connectivity index (χ0) is 17.9. The first-order valence-corrected chi connectivity index (χ1v) is 9.32. The summed E-state index contributed by atoms with van der Waals surface area (Å²) in [7, 11) is 0. The lowest BCUT2D eigenvalue weighted by Gasteiger charge is -2.15. The zero-order valence-electron chi connectivity index (χ0n) is 14.4. The first-order chi connectivity index (χ1) is 12.7.